The number of nitrogens with zero attached hydrogens (tertiary/aromatic N) is 2. The number of nitriles is 1. The first kappa shape index (κ1) is 14.6. The quantitative estimate of drug-likeness (QED) is 0.948. The molecule has 2 heterocycles. The average molecular weight is 311 g/mol. The van der Waals surface area contributed by atoms with E-state index >= 15 is 0 Å². The van der Waals surface area contributed by atoms with Crippen molar-refractivity contribution in [3.05, 3.63) is 52.2 Å². The van der Waals surface area contributed by atoms with Gasteiger partial charge in [0.15, 0.2) is 0 Å². The van der Waals surface area contributed by atoms with E-state index in [2.05, 4.69) is 16.3 Å². The SMILES string of the molecule is N#Cc1ccc(N2CCC(NC(=O)c3ccsc3)CC2)cc1. The number of piperidine rings is 1. The number of thiophene rings is 1. The molecule has 112 valence electrons. The fraction of sp³-hybridized carbons (Fsp3) is 0.294. The van der Waals surface area contributed by atoms with Crippen LogP contribution < -0.4 is 10.2 Å². The van der Waals surface area contributed by atoms with Gasteiger partial charge in [-0.15, -0.1) is 0 Å². The predicted molar refractivity (Wildman–Crippen MR) is 88.2 cm³/mol. The van der Waals surface area contributed by atoms with Crippen molar-refractivity contribution in [3.8, 4) is 6.07 Å². The van der Waals surface area contributed by atoms with Gasteiger partial charge in [-0.1, -0.05) is 0 Å². The third-order valence-electron chi connectivity index (χ3n) is 3.98. The van der Waals surface area contributed by atoms with Crippen molar-refractivity contribution in [2.24, 2.45) is 0 Å². The van der Waals surface area contributed by atoms with E-state index in [1.54, 1.807) is 0 Å². The minimum Gasteiger partial charge on any atom is -0.371 e. The van der Waals surface area contributed by atoms with Gasteiger partial charge in [-0.05, 0) is 48.6 Å². The number of nitrogens with one attached hydrogen (secondary N) is 1. The van der Waals surface area contributed by atoms with E-state index in [9.17, 15) is 4.79 Å². The van der Waals surface area contributed by atoms with Gasteiger partial charge in [0, 0.05) is 35.8 Å². The Hall–Kier alpha value is -2.32. The summed E-state index contributed by atoms with van der Waals surface area (Å²) < 4.78 is 0. The number of carbonyl (C=O) groups is 1. The van der Waals surface area contributed by atoms with Crippen LogP contribution in [-0.2, 0) is 0 Å². The molecule has 0 saturated carbocycles. The second-order valence-corrected chi connectivity index (χ2v) is 6.19. The highest BCUT2D eigenvalue weighted by atomic mass is 32.1. The first-order valence-electron chi connectivity index (χ1n) is 7.34. The molecule has 5 heteroatoms. The summed E-state index contributed by atoms with van der Waals surface area (Å²) in [5, 5.41) is 15.7. The first-order valence-corrected chi connectivity index (χ1v) is 8.29. The predicted octanol–water partition coefficient (Wildman–Crippen LogP) is 3.02. The van der Waals surface area contributed by atoms with Gasteiger partial charge in [-0.25, -0.2) is 0 Å². The van der Waals surface area contributed by atoms with Crippen molar-refractivity contribution in [2.75, 3.05) is 18.0 Å². The lowest BCUT2D eigenvalue weighted by Crippen LogP contribution is -2.44. The van der Waals surface area contributed by atoms with Crippen LogP contribution in [0.2, 0.25) is 0 Å². The van der Waals surface area contributed by atoms with Crippen LogP contribution in [0.5, 0.6) is 0 Å². The number of carbonyl (C=O) groups excluding carboxylic acids is 1. The minimum atomic E-state index is 0.0260. The highest BCUT2D eigenvalue weighted by molar-refractivity contribution is 7.08. The van der Waals surface area contributed by atoms with Crippen molar-refractivity contribution in [3.63, 3.8) is 0 Å². The van der Waals surface area contributed by atoms with Gasteiger partial charge in [0.05, 0.1) is 11.6 Å². The maximum Gasteiger partial charge on any atom is 0.252 e. The average Bonchev–Trinajstić information content (AvgIpc) is 3.10. The van der Waals surface area contributed by atoms with Crippen molar-refractivity contribution in [1.29, 1.82) is 5.26 Å². The molecule has 0 radical (unpaired) electrons. The third kappa shape index (κ3) is 3.29. The summed E-state index contributed by atoms with van der Waals surface area (Å²) in [6.45, 7) is 1.83. The van der Waals surface area contributed by atoms with Crippen LogP contribution in [0, 0.1) is 11.3 Å². The van der Waals surface area contributed by atoms with Gasteiger partial charge < -0.3 is 10.2 Å². The molecule has 1 aliphatic rings. The maximum absolute atomic E-state index is 12.0. The molecular formula is C17H17N3OS. The Balaban J connectivity index is 1.54. The Bertz CT molecular complexity index is 665. The van der Waals surface area contributed by atoms with Crippen molar-refractivity contribution in [1.82, 2.24) is 5.32 Å². The van der Waals surface area contributed by atoms with E-state index in [1.165, 1.54) is 11.3 Å². The van der Waals surface area contributed by atoms with E-state index in [1.807, 2.05) is 41.1 Å². The molecule has 1 aromatic carbocycles. The molecule has 0 atom stereocenters. The molecule has 0 unspecified atom stereocenters. The zero-order valence-electron chi connectivity index (χ0n) is 12.2. The van der Waals surface area contributed by atoms with E-state index < -0.39 is 0 Å². The summed E-state index contributed by atoms with van der Waals surface area (Å²) in [4.78, 5) is 14.3. The third-order valence-corrected chi connectivity index (χ3v) is 4.66. The summed E-state index contributed by atoms with van der Waals surface area (Å²) in [6, 6.07) is 11.9. The van der Waals surface area contributed by atoms with E-state index in [0.717, 1.165) is 37.2 Å². The molecule has 2 aromatic rings. The van der Waals surface area contributed by atoms with Gasteiger partial charge in [-0.3, -0.25) is 4.79 Å². The topological polar surface area (TPSA) is 56.1 Å². The summed E-state index contributed by atoms with van der Waals surface area (Å²) in [7, 11) is 0. The van der Waals surface area contributed by atoms with E-state index in [-0.39, 0.29) is 11.9 Å². The van der Waals surface area contributed by atoms with Crippen LogP contribution >= 0.6 is 11.3 Å². The largest absolute Gasteiger partial charge is 0.371 e. The van der Waals surface area contributed by atoms with Crippen LogP contribution in [-0.4, -0.2) is 25.0 Å². The zero-order valence-corrected chi connectivity index (χ0v) is 13.0. The van der Waals surface area contributed by atoms with Crippen molar-refractivity contribution < 1.29 is 4.79 Å². The van der Waals surface area contributed by atoms with Crippen LogP contribution in [0.15, 0.2) is 41.1 Å². The van der Waals surface area contributed by atoms with Crippen molar-refractivity contribution >= 4 is 22.9 Å². The Morgan fingerprint density at radius 2 is 1.95 bits per heavy atom. The molecule has 3 rings (SSSR count). The van der Waals surface area contributed by atoms with Gasteiger partial charge in [0.2, 0.25) is 0 Å². The molecule has 1 N–H and O–H groups in total. The van der Waals surface area contributed by atoms with Crippen LogP contribution in [0.4, 0.5) is 5.69 Å². The lowest BCUT2D eigenvalue weighted by Gasteiger charge is -2.34. The summed E-state index contributed by atoms with van der Waals surface area (Å²) in [6.07, 6.45) is 1.88. The molecule has 1 fully saturated rings. The number of hydrogen-bond acceptors (Lipinski definition) is 4. The summed E-state index contributed by atoms with van der Waals surface area (Å²) in [5.74, 6) is 0.0260. The molecule has 0 aliphatic carbocycles. The summed E-state index contributed by atoms with van der Waals surface area (Å²) in [5.41, 5.74) is 2.57. The summed E-state index contributed by atoms with van der Waals surface area (Å²) >= 11 is 1.54. The highest BCUT2D eigenvalue weighted by Gasteiger charge is 2.21. The number of amides is 1. The first-order chi connectivity index (χ1) is 10.8. The standard InChI is InChI=1S/C17H17N3OS/c18-11-13-1-3-16(4-2-13)20-8-5-15(6-9-20)19-17(21)14-7-10-22-12-14/h1-4,7,10,12,15H,5-6,8-9H2,(H,19,21). The van der Waals surface area contributed by atoms with Gasteiger partial charge in [0.1, 0.15) is 0 Å². The number of benzene rings is 1. The molecule has 0 bridgehead atoms. The van der Waals surface area contributed by atoms with Crippen LogP contribution in [0.25, 0.3) is 0 Å². The second kappa shape index (κ2) is 6.63. The number of anilines is 1. The molecular weight excluding hydrogens is 294 g/mol. The molecule has 1 aromatic heterocycles. The maximum atomic E-state index is 12.0. The van der Waals surface area contributed by atoms with Crippen molar-refractivity contribution in [2.45, 2.75) is 18.9 Å². The molecule has 1 aliphatic heterocycles. The van der Waals surface area contributed by atoms with Gasteiger partial charge in [0.25, 0.3) is 5.91 Å². The second-order valence-electron chi connectivity index (χ2n) is 5.41. The van der Waals surface area contributed by atoms with Gasteiger partial charge >= 0.3 is 0 Å². The lowest BCUT2D eigenvalue weighted by molar-refractivity contribution is 0.0931. The number of rotatable bonds is 3. The fourth-order valence-electron chi connectivity index (χ4n) is 2.69. The smallest absolute Gasteiger partial charge is 0.252 e. The zero-order chi connectivity index (χ0) is 15.4. The number of hydrogen-bond donors (Lipinski definition) is 1. The molecule has 0 spiro atoms. The molecule has 22 heavy (non-hydrogen) atoms. The van der Waals surface area contributed by atoms with Crippen LogP contribution in [0.1, 0.15) is 28.8 Å². The Labute approximate surface area is 134 Å². The monoisotopic (exact) mass is 311 g/mol. The Morgan fingerprint density at radius 3 is 2.55 bits per heavy atom. The molecule has 1 saturated heterocycles. The Kier molecular flexibility index (Phi) is 4.40. The van der Waals surface area contributed by atoms with Gasteiger partial charge in [-0.2, -0.15) is 16.6 Å². The lowest BCUT2D eigenvalue weighted by atomic mass is 10.0. The molecule has 4 nitrogen and oxygen atoms in total. The molecule has 1 amide bonds. The fourth-order valence-corrected chi connectivity index (χ4v) is 3.33. The highest BCUT2D eigenvalue weighted by Crippen LogP contribution is 2.20. The van der Waals surface area contributed by atoms with E-state index in [4.69, 9.17) is 5.26 Å². The van der Waals surface area contributed by atoms with Crippen LogP contribution in [0.3, 0.4) is 0 Å². The minimum absolute atomic E-state index is 0.0260. The Morgan fingerprint density at radius 1 is 1.23 bits per heavy atom. The normalized spacial score (nSPS) is 15.3. The van der Waals surface area contributed by atoms with E-state index in [0.29, 0.717) is 5.56 Å².